The van der Waals surface area contributed by atoms with Crippen LogP contribution in [-0.4, -0.2) is 5.11 Å². The van der Waals surface area contributed by atoms with Crippen LogP contribution >= 0.6 is 27.3 Å². The molecule has 0 aliphatic carbocycles. The molecule has 2 rings (SSSR count). The Morgan fingerprint density at radius 3 is 2.69 bits per heavy atom. The van der Waals surface area contributed by atoms with Gasteiger partial charge >= 0.3 is 0 Å². The van der Waals surface area contributed by atoms with Crippen LogP contribution in [0.1, 0.15) is 17.4 Å². The molecule has 0 saturated carbocycles. The maximum atomic E-state index is 13.1. The van der Waals surface area contributed by atoms with Crippen LogP contribution < -0.4 is 0 Å². The molecular weight excluding hydrogens is 291 g/mol. The molecule has 1 unspecified atom stereocenters. The third-order valence-electron chi connectivity index (χ3n) is 2.45. The second-order valence-electron chi connectivity index (χ2n) is 3.68. The maximum Gasteiger partial charge on any atom is 0.123 e. The molecular formula is C12H10BrFOS. The Hall–Kier alpha value is -0.710. The number of hydrogen-bond acceptors (Lipinski definition) is 2. The minimum absolute atomic E-state index is 0.342. The number of thiophene rings is 1. The molecule has 4 heteroatoms. The van der Waals surface area contributed by atoms with Crippen molar-refractivity contribution < 1.29 is 9.50 Å². The number of benzene rings is 1. The van der Waals surface area contributed by atoms with Crippen molar-refractivity contribution >= 4 is 27.3 Å². The first kappa shape index (κ1) is 11.8. The first-order chi connectivity index (χ1) is 7.51. The lowest BCUT2D eigenvalue weighted by Crippen LogP contribution is -2.21. The lowest BCUT2D eigenvalue weighted by molar-refractivity contribution is 0.105. The Morgan fingerprint density at radius 2 is 2.12 bits per heavy atom. The summed E-state index contributed by atoms with van der Waals surface area (Å²) in [5.41, 5.74) is -0.620. The van der Waals surface area contributed by atoms with E-state index in [4.69, 9.17) is 0 Å². The second-order valence-corrected chi connectivity index (χ2v) is 5.45. The fourth-order valence-corrected chi connectivity index (χ4v) is 3.41. The van der Waals surface area contributed by atoms with Crippen LogP contribution in [0.25, 0.3) is 0 Å². The minimum Gasteiger partial charge on any atom is -0.380 e. The van der Waals surface area contributed by atoms with Crippen LogP contribution in [0.15, 0.2) is 40.2 Å². The van der Waals surface area contributed by atoms with E-state index >= 15 is 0 Å². The van der Waals surface area contributed by atoms with Crippen molar-refractivity contribution in [3.63, 3.8) is 0 Å². The molecule has 1 atom stereocenters. The van der Waals surface area contributed by atoms with Gasteiger partial charge in [0.05, 0.1) is 4.88 Å². The summed E-state index contributed by atoms with van der Waals surface area (Å²) in [6.45, 7) is 1.67. The van der Waals surface area contributed by atoms with Gasteiger partial charge in [-0.2, -0.15) is 0 Å². The van der Waals surface area contributed by atoms with Gasteiger partial charge in [0.15, 0.2) is 0 Å². The van der Waals surface area contributed by atoms with Gasteiger partial charge in [0.1, 0.15) is 11.4 Å². The third kappa shape index (κ3) is 2.05. The Labute approximate surface area is 106 Å². The fourth-order valence-electron chi connectivity index (χ4n) is 1.56. The van der Waals surface area contributed by atoms with Gasteiger partial charge in [-0.05, 0) is 52.0 Å². The summed E-state index contributed by atoms with van der Waals surface area (Å²) in [6.07, 6.45) is 0. The van der Waals surface area contributed by atoms with Crippen LogP contribution in [0.2, 0.25) is 0 Å². The molecule has 16 heavy (non-hydrogen) atoms. The quantitative estimate of drug-likeness (QED) is 0.892. The molecule has 0 aliphatic rings. The highest BCUT2D eigenvalue weighted by molar-refractivity contribution is 9.10. The molecule has 0 saturated heterocycles. The number of aliphatic hydroxyl groups is 1. The number of halogens is 2. The smallest absolute Gasteiger partial charge is 0.123 e. The lowest BCUT2D eigenvalue weighted by Gasteiger charge is -2.23. The van der Waals surface area contributed by atoms with E-state index in [-0.39, 0.29) is 5.82 Å². The first-order valence-electron chi connectivity index (χ1n) is 4.73. The summed E-state index contributed by atoms with van der Waals surface area (Å²) in [7, 11) is 0. The molecule has 84 valence electrons. The van der Waals surface area contributed by atoms with Crippen molar-refractivity contribution in [2.24, 2.45) is 0 Å². The van der Waals surface area contributed by atoms with Gasteiger partial charge in [0, 0.05) is 4.47 Å². The molecule has 0 amide bonds. The predicted molar refractivity (Wildman–Crippen MR) is 67.1 cm³/mol. The van der Waals surface area contributed by atoms with Gasteiger partial charge < -0.3 is 5.11 Å². The van der Waals surface area contributed by atoms with Gasteiger partial charge in [-0.3, -0.25) is 0 Å². The van der Waals surface area contributed by atoms with Crippen LogP contribution in [0.5, 0.6) is 0 Å². The van der Waals surface area contributed by atoms with E-state index in [1.165, 1.54) is 23.5 Å². The Morgan fingerprint density at radius 1 is 1.38 bits per heavy atom. The molecule has 1 N–H and O–H groups in total. The fraction of sp³-hybridized carbons (Fsp3) is 0.167. The highest BCUT2D eigenvalue weighted by Crippen LogP contribution is 2.37. The SMILES string of the molecule is CC(O)(c1cccc(F)c1)c1sccc1Br. The van der Waals surface area contributed by atoms with E-state index in [0.717, 1.165) is 9.35 Å². The third-order valence-corrected chi connectivity index (χ3v) is 4.49. The summed E-state index contributed by atoms with van der Waals surface area (Å²) in [5.74, 6) is -0.342. The zero-order chi connectivity index (χ0) is 11.8. The van der Waals surface area contributed by atoms with E-state index in [1.807, 2.05) is 11.4 Å². The van der Waals surface area contributed by atoms with E-state index in [0.29, 0.717) is 5.56 Å². The second kappa shape index (κ2) is 4.28. The zero-order valence-electron chi connectivity index (χ0n) is 8.58. The first-order valence-corrected chi connectivity index (χ1v) is 6.41. The average molecular weight is 301 g/mol. The highest BCUT2D eigenvalue weighted by atomic mass is 79.9. The minimum atomic E-state index is -1.17. The van der Waals surface area contributed by atoms with E-state index in [1.54, 1.807) is 19.1 Å². The molecule has 0 fully saturated rings. The van der Waals surface area contributed by atoms with Crippen LogP contribution in [-0.2, 0) is 5.60 Å². The lowest BCUT2D eigenvalue weighted by atomic mass is 9.94. The van der Waals surface area contributed by atoms with Crippen molar-refractivity contribution in [1.82, 2.24) is 0 Å². The maximum absolute atomic E-state index is 13.1. The van der Waals surface area contributed by atoms with Crippen LogP contribution in [0, 0.1) is 5.82 Å². The Kier molecular flexibility index (Phi) is 3.15. The van der Waals surface area contributed by atoms with Gasteiger partial charge in [0.25, 0.3) is 0 Å². The molecule has 1 nitrogen and oxygen atoms in total. The Bertz CT molecular complexity index is 507. The van der Waals surface area contributed by atoms with Crippen molar-refractivity contribution in [2.45, 2.75) is 12.5 Å². The molecule has 1 aromatic carbocycles. The van der Waals surface area contributed by atoms with Gasteiger partial charge in [0.2, 0.25) is 0 Å². The summed E-state index contributed by atoms with van der Waals surface area (Å²) >= 11 is 4.81. The van der Waals surface area contributed by atoms with Crippen molar-refractivity contribution in [3.8, 4) is 0 Å². The summed E-state index contributed by atoms with van der Waals surface area (Å²) < 4.78 is 14.0. The average Bonchev–Trinajstić information content (AvgIpc) is 2.65. The predicted octanol–water partition coefficient (Wildman–Crippen LogP) is 3.91. The zero-order valence-corrected chi connectivity index (χ0v) is 11.0. The van der Waals surface area contributed by atoms with Crippen molar-refractivity contribution in [2.75, 3.05) is 0 Å². The molecule has 1 heterocycles. The van der Waals surface area contributed by atoms with Gasteiger partial charge in [-0.1, -0.05) is 12.1 Å². The number of hydrogen-bond donors (Lipinski definition) is 1. The van der Waals surface area contributed by atoms with Crippen LogP contribution in [0.3, 0.4) is 0 Å². The van der Waals surface area contributed by atoms with Crippen molar-refractivity contribution in [3.05, 3.63) is 56.4 Å². The standard InChI is InChI=1S/C12H10BrFOS/c1-12(15,11-10(13)5-6-16-11)8-3-2-4-9(14)7-8/h2-7,15H,1H3. The molecule has 0 spiro atoms. The van der Waals surface area contributed by atoms with Gasteiger partial charge in [-0.15, -0.1) is 11.3 Å². The monoisotopic (exact) mass is 300 g/mol. The highest BCUT2D eigenvalue weighted by Gasteiger charge is 2.29. The topological polar surface area (TPSA) is 20.2 Å². The molecule has 0 bridgehead atoms. The Balaban J connectivity index is 2.51. The summed E-state index contributed by atoms with van der Waals surface area (Å²) in [5, 5.41) is 12.3. The molecule has 0 radical (unpaired) electrons. The molecule has 0 aliphatic heterocycles. The van der Waals surface area contributed by atoms with E-state index in [2.05, 4.69) is 15.9 Å². The van der Waals surface area contributed by atoms with Gasteiger partial charge in [-0.25, -0.2) is 4.39 Å². The molecule has 1 aromatic heterocycles. The number of rotatable bonds is 2. The van der Waals surface area contributed by atoms with Crippen molar-refractivity contribution in [1.29, 1.82) is 0 Å². The summed E-state index contributed by atoms with van der Waals surface area (Å²) in [6, 6.07) is 7.90. The van der Waals surface area contributed by atoms with E-state index in [9.17, 15) is 9.50 Å². The van der Waals surface area contributed by atoms with E-state index < -0.39 is 5.60 Å². The largest absolute Gasteiger partial charge is 0.380 e. The molecule has 2 aromatic rings. The normalized spacial score (nSPS) is 14.8. The van der Waals surface area contributed by atoms with Crippen LogP contribution in [0.4, 0.5) is 4.39 Å². The summed E-state index contributed by atoms with van der Waals surface area (Å²) in [4.78, 5) is 0.776.